The van der Waals surface area contributed by atoms with Crippen LogP contribution in [0.25, 0.3) is 0 Å². The number of urea groups is 1. The van der Waals surface area contributed by atoms with Crippen LogP contribution < -0.4 is 11.1 Å². The lowest BCUT2D eigenvalue weighted by atomic mass is 10.1. The lowest BCUT2D eigenvalue weighted by molar-refractivity contribution is -0.0654. The highest BCUT2D eigenvalue weighted by Gasteiger charge is 2.47. The molecule has 0 aromatic rings. The number of hydrogen-bond acceptors (Lipinski definition) is 7. The number of hydrogen-bond donors (Lipinski definition) is 6. The van der Waals surface area contributed by atoms with Gasteiger partial charge in [-0.05, 0) is 6.08 Å². The molecular formula is C9H16N3O8P. The lowest BCUT2D eigenvalue weighted by Crippen LogP contribution is -2.55. The van der Waals surface area contributed by atoms with E-state index in [1.165, 1.54) is 12.3 Å². The molecule has 2 rings (SSSR count). The van der Waals surface area contributed by atoms with Crippen molar-refractivity contribution in [3.63, 3.8) is 0 Å². The maximum atomic E-state index is 11.7. The predicted molar refractivity (Wildman–Crippen MR) is 66.2 cm³/mol. The Morgan fingerprint density at radius 1 is 1.43 bits per heavy atom. The van der Waals surface area contributed by atoms with Crippen molar-refractivity contribution >= 4 is 13.9 Å². The van der Waals surface area contributed by atoms with Crippen LogP contribution in [0, 0.1) is 0 Å². The molecule has 1 unspecified atom stereocenters. The zero-order valence-corrected chi connectivity index (χ0v) is 11.5. The number of nitrogens with one attached hydrogen (secondary N) is 1. The minimum Gasteiger partial charge on any atom is -0.387 e. The Labute approximate surface area is 119 Å². The first-order chi connectivity index (χ1) is 9.69. The predicted octanol–water partition coefficient (Wildman–Crippen LogP) is -2.63. The molecule has 12 heteroatoms. The van der Waals surface area contributed by atoms with Crippen LogP contribution in [-0.2, 0) is 13.8 Å². The minimum atomic E-state index is -4.73. The van der Waals surface area contributed by atoms with Crippen molar-refractivity contribution in [2.75, 3.05) is 6.61 Å². The van der Waals surface area contributed by atoms with Gasteiger partial charge in [0.15, 0.2) is 6.23 Å². The number of rotatable bonds is 4. The van der Waals surface area contributed by atoms with Gasteiger partial charge in [-0.1, -0.05) is 0 Å². The zero-order chi connectivity index (χ0) is 15.8. The second kappa shape index (κ2) is 5.99. The Kier molecular flexibility index (Phi) is 4.66. The van der Waals surface area contributed by atoms with Gasteiger partial charge in [0.05, 0.1) is 12.8 Å². The van der Waals surface area contributed by atoms with Gasteiger partial charge in [-0.2, -0.15) is 0 Å². The molecule has 0 bridgehead atoms. The minimum absolute atomic E-state index is 0.641. The first-order valence-corrected chi connectivity index (χ1v) is 7.46. The van der Waals surface area contributed by atoms with Crippen LogP contribution in [0.5, 0.6) is 0 Å². The van der Waals surface area contributed by atoms with E-state index in [9.17, 15) is 19.6 Å². The fraction of sp³-hybridized carbons (Fsp3) is 0.667. The van der Waals surface area contributed by atoms with Gasteiger partial charge >= 0.3 is 13.9 Å². The summed E-state index contributed by atoms with van der Waals surface area (Å²) in [5.41, 5.74) is 5.47. The fourth-order valence-electron chi connectivity index (χ4n) is 1.99. The normalized spacial score (nSPS) is 36.9. The van der Waals surface area contributed by atoms with E-state index in [2.05, 4.69) is 9.84 Å². The van der Waals surface area contributed by atoms with Gasteiger partial charge in [-0.25, -0.2) is 9.36 Å². The van der Waals surface area contributed by atoms with E-state index in [-0.39, 0.29) is 0 Å². The molecule has 2 aliphatic rings. The van der Waals surface area contributed by atoms with E-state index in [0.29, 0.717) is 0 Å². The highest BCUT2D eigenvalue weighted by molar-refractivity contribution is 7.46. The molecule has 0 spiro atoms. The second-order valence-corrected chi connectivity index (χ2v) is 5.80. The van der Waals surface area contributed by atoms with E-state index in [1.807, 2.05) is 0 Å². The van der Waals surface area contributed by atoms with E-state index in [4.69, 9.17) is 20.3 Å². The summed E-state index contributed by atoms with van der Waals surface area (Å²) in [5, 5.41) is 22.0. The van der Waals surface area contributed by atoms with Crippen molar-refractivity contribution in [3.8, 4) is 0 Å². The molecule has 2 aliphatic heterocycles. The molecule has 5 atom stereocenters. The van der Waals surface area contributed by atoms with Crippen LogP contribution in [-0.4, -0.2) is 68.2 Å². The summed E-state index contributed by atoms with van der Waals surface area (Å²) in [6.07, 6.45) is -3.33. The van der Waals surface area contributed by atoms with Crippen LogP contribution in [0.1, 0.15) is 0 Å². The molecule has 2 heterocycles. The molecule has 1 fully saturated rings. The SMILES string of the molecule is NC1C=CN([C@@H]2O[C@H](COP(=O)(O)O)[C@@H](O)[C@H]2O)C(=O)N1. The third-order valence-electron chi connectivity index (χ3n) is 3.00. The molecule has 0 saturated carbocycles. The van der Waals surface area contributed by atoms with Gasteiger partial charge in [0, 0.05) is 6.20 Å². The van der Waals surface area contributed by atoms with Gasteiger partial charge < -0.3 is 35.8 Å². The van der Waals surface area contributed by atoms with Crippen LogP contribution in [0.3, 0.4) is 0 Å². The molecule has 21 heavy (non-hydrogen) atoms. The smallest absolute Gasteiger partial charge is 0.387 e. The third-order valence-corrected chi connectivity index (χ3v) is 3.48. The van der Waals surface area contributed by atoms with Gasteiger partial charge in [-0.3, -0.25) is 9.42 Å². The molecule has 0 aliphatic carbocycles. The summed E-state index contributed by atoms with van der Waals surface area (Å²) in [6, 6.07) is -0.641. The molecule has 0 aromatic carbocycles. The quantitative estimate of drug-likeness (QED) is 0.302. The monoisotopic (exact) mass is 325 g/mol. The molecule has 7 N–H and O–H groups in total. The van der Waals surface area contributed by atoms with Crippen LogP contribution in [0.4, 0.5) is 4.79 Å². The molecular weight excluding hydrogens is 309 g/mol. The number of nitrogens with two attached hydrogens (primary N) is 1. The molecule has 120 valence electrons. The number of nitrogens with zero attached hydrogens (tertiary/aromatic N) is 1. The van der Waals surface area contributed by atoms with Crippen LogP contribution >= 0.6 is 7.82 Å². The summed E-state index contributed by atoms with van der Waals surface area (Å²) < 4.78 is 20.1. The lowest BCUT2D eigenvalue weighted by Gasteiger charge is -2.31. The number of phosphoric acid groups is 1. The number of phosphoric ester groups is 1. The summed E-state index contributed by atoms with van der Waals surface area (Å²) in [4.78, 5) is 29.9. The largest absolute Gasteiger partial charge is 0.469 e. The number of aliphatic hydroxyl groups is 2. The van der Waals surface area contributed by atoms with Gasteiger partial charge in [0.25, 0.3) is 0 Å². The summed E-state index contributed by atoms with van der Waals surface area (Å²) in [6.45, 7) is -0.641. The Morgan fingerprint density at radius 3 is 2.67 bits per heavy atom. The highest BCUT2D eigenvalue weighted by atomic mass is 31.2. The van der Waals surface area contributed by atoms with Crippen LogP contribution in [0.15, 0.2) is 12.3 Å². The number of amides is 2. The summed E-state index contributed by atoms with van der Waals surface area (Å²) in [7, 11) is -4.73. The fourth-order valence-corrected chi connectivity index (χ4v) is 2.33. The van der Waals surface area contributed by atoms with Gasteiger partial charge in [0.2, 0.25) is 0 Å². The van der Waals surface area contributed by atoms with Crippen molar-refractivity contribution < 1.29 is 38.6 Å². The molecule has 0 aromatic heterocycles. The zero-order valence-electron chi connectivity index (χ0n) is 10.6. The Balaban J connectivity index is 2.04. The Bertz CT molecular complexity index is 482. The maximum Gasteiger partial charge on any atom is 0.469 e. The average molecular weight is 325 g/mol. The standard InChI is InChI=1S/C9H16N3O8P/c10-5-1-2-12(9(15)11-5)8-7(14)6(13)4(20-8)3-19-21(16,17)18/h1-2,4-8,13-14H,3,10H2,(H,11,15)(H2,16,17,18)/t4-,5?,6-,7-,8-/m1/s1. The van der Waals surface area contributed by atoms with E-state index < -0.39 is 51.2 Å². The van der Waals surface area contributed by atoms with Gasteiger partial charge in [0.1, 0.15) is 18.3 Å². The summed E-state index contributed by atoms with van der Waals surface area (Å²) >= 11 is 0. The third kappa shape index (κ3) is 3.78. The number of carbonyl (C=O) groups is 1. The van der Waals surface area contributed by atoms with Crippen molar-refractivity contribution in [2.24, 2.45) is 5.73 Å². The van der Waals surface area contributed by atoms with E-state index >= 15 is 0 Å². The first kappa shape index (κ1) is 16.3. The first-order valence-electron chi connectivity index (χ1n) is 5.93. The summed E-state index contributed by atoms with van der Waals surface area (Å²) in [5.74, 6) is 0. The van der Waals surface area contributed by atoms with Crippen molar-refractivity contribution in [1.82, 2.24) is 10.2 Å². The Morgan fingerprint density at radius 2 is 2.10 bits per heavy atom. The van der Waals surface area contributed by atoms with Gasteiger partial charge in [-0.15, -0.1) is 0 Å². The number of carbonyl (C=O) groups excluding carboxylic acids is 1. The Hall–Kier alpha value is -1.04. The second-order valence-electron chi connectivity index (χ2n) is 4.56. The molecule has 0 radical (unpaired) electrons. The van der Waals surface area contributed by atoms with E-state index in [0.717, 1.165) is 4.90 Å². The molecule has 11 nitrogen and oxygen atoms in total. The highest BCUT2D eigenvalue weighted by Crippen LogP contribution is 2.37. The van der Waals surface area contributed by atoms with Crippen molar-refractivity contribution in [2.45, 2.75) is 30.7 Å². The van der Waals surface area contributed by atoms with Crippen LogP contribution in [0.2, 0.25) is 0 Å². The average Bonchev–Trinajstić information content (AvgIpc) is 2.64. The number of aliphatic hydroxyl groups excluding tert-OH is 2. The molecule has 1 saturated heterocycles. The van der Waals surface area contributed by atoms with Crippen molar-refractivity contribution in [3.05, 3.63) is 12.3 Å². The van der Waals surface area contributed by atoms with E-state index in [1.54, 1.807) is 0 Å². The maximum absolute atomic E-state index is 11.7. The topological polar surface area (TPSA) is 175 Å². The molecule has 2 amide bonds. The number of ether oxygens (including phenoxy) is 1. The van der Waals surface area contributed by atoms with Crippen molar-refractivity contribution in [1.29, 1.82) is 0 Å².